The van der Waals surface area contributed by atoms with Crippen LogP contribution in [0.5, 0.6) is 0 Å². The van der Waals surface area contributed by atoms with Gasteiger partial charge in [-0.3, -0.25) is 19.2 Å². The van der Waals surface area contributed by atoms with Crippen LogP contribution in [-0.4, -0.2) is 80.1 Å². The number of benzene rings is 3. The van der Waals surface area contributed by atoms with Crippen LogP contribution in [-0.2, 0) is 33.9 Å². The fourth-order valence-corrected chi connectivity index (χ4v) is 5.65. The Morgan fingerprint density at radius 1 is 0.930 bits per heavy atom. The molecule has 3 atom stereocenters. The number of nitrogens with one attached hydrogen (secondary N) is 1. The summed E-state index contributed by atoms with van der Waals surface area (Å²) in [6.45, 7) is -0.0470. The van der Waals surface area contributed by atoms with Crippen molar-refractivity contribution in [3.05, 3.63) is 108 Å². The predicted octanol–water partition coefficient (Wildman–Crippen LogP) is 2.69. The van der Waals surface area contributed by atoms with Crippen LogP contribution in [0.4, 0.5) is 0 Å². The minimum Gasteiger partial charge on any atom is -0.480 e. The maximum atomic E-state index is 13.8. The Kier molecular flexibility index (Phi) is 8.87. The summed E-state index contributed by atoms with van der Waals surface area (Å²) in [6.07, 6.45) is 0.797. The van der Waals surface area contributed by atoms with Crippen LogP contribution in [0.3, 0.4) is 0 Å². The van der Waals surface area contributed by atoms with Gasteiger partial charge in [-0.05, 0) is 17.2 Å². The van der Waals surface area contributed by atoms with Crippen molar-refractivity contribution in [1.29, 1.82) is 0 Å². The van der Waals surface area contributed by atoms with Gasteiger partial charge in [0.2, 0.25) is 11.8 Å². The van der Waals surface area contributed by atoms with E-state index in [2.05, 4.69) is 5.32 Å². The maximum absolute atomic E-state index is 13.8. The minimum absolute atomic E-state index is 0.0114. The van der Waals surface area contributed by atoms with E-state index >= 15 is 0 Å². The van der Waals surface area contributed by atoms with Gasteiger partial charge in [0.1, 0.15) is 18.6 Å². The highest BCUT2D eigenvalue weighted by Gasteiger charge is 2.41. The molecule has 1 aliphatic rings. The Hall–Kier alpha value is -4.96. The standard InChI is InChI=1S/C33H34N4O6/c1-35(18-23-12-6-3-7-13-23)33(43)27(16-22-10-4-2-5-11-22)34-31(41)29-17-24(38)19-37(29)32(42)26-20-36(21-30(39)40)28-15-9-8-14-25(26)28/h2-15,20,24,27,29,38H,16-19,21H2,1H3,(H,34,41)(H,39,40)/t24-,27+,29+/m1/s1. The third kappa shape index (κ3) is 6.76. The summed E-state index contributed by atoms with van der Waals surface area (Å²) in [5.41, 5.74) is 2.62. The molecule has 3 amide bonds. The van der Waals surface area contributed by atoms with Crippen molar-refractivity contribution < 1.29 is 29.4 Å². The SMILES string of the molecule is CN(Cc1ccccc1)C(=O)[C@H](Cc1ccccc1)NC(=O)[C@@H]1C[C@@H](O)CN1C(=O)c1cn(CC(=O)O)c2ccccc12. The zero-order chi connectivity index (χ0) is 30.5. The molecule has 43 heavy (non-hydrogen) atoms. The van der Waals surface area contributed by atoms with Crippen molar-refractivity contribution in [2.75, 3.05) is 13.6 Å². The summed E-state index contributed by atoms with van der Waals surface area (Å²) in [4.78, 5) is 55.6. The summed E-state index contributed by atoms with van der Waals surface area (Å²) in [5, 5.41) is 23.3. The number of aromatic nitrogens is 1. The van der Waals surface area contributed by atoms with Crippen LogP contribution in [0.25, 0.3) is 10.9 Å². The fraction of sp³-hybridized carbons (Fsp3) is 0.273. The van der Waals surface area contributed by atoms with Gasteiger partial charge in [-0.1, -0.05) is 78.9 Å². The molecule has 0 spiro atoms. The Morgan fingerprint density at radius 2 is 1.56 bits per heavy atom. The molecule has 0 aliphatic carbocycles. The third-order valence-electron chi connectivity index (χ3n) is 7.70. The number of carbonyl (C=O) groups is 4. The van der Waals surface area contributed by atoms with Gasteiger partial charge in [-0.25, -0.2) is 0 Å². The zero-order valence-electron chi connectivity index (χ0n) is 23.8. The van der Waals surface area contributed by atoms with E-state index in [0.29, 0.717) is 17.4 Å². The Balaban J connectivity index is 1.39. The molecule has 1 fully saturated rings. The number of β-amino-alcohol motifs (C(OH)–C–C–N with tert-alkyl or cyclic N) is 1. The molecule has 0 radical (unpaired) electrons. The van der Waals surface area contributed by atoms with Crippen molar-refractivity contribution >= 4 is 34.6 Å². The molecule has 0 saturated carbocycles. The van der Waals surface area contributed by atoms with E-state index in [1.54, 1.807) is 36.2 Å². The number of para-hydroxylation sites is 1. The number of rotatable bonds is 10. The lowest BCUT2D eigenvalue weighted by molar-refractivity contribution is -0.137. The number of carboxylic acid groups (broad SMARTS) is 1. The fourth-order valence-electron chi connectivity index (χ4n) is 5.65. The molecule has 1 saturated heterocycles. The molecule has 10 nitrogen and oxygen atoms in total. The molecule has 3 N–H and O–H groups in total. The zero-order valence-corrected chi connectivity index (χ0v) is 23.8. The van der Waals surface area contributed by atoms with Gasteiger partial charge in [0.05, 0.1) is 11.7 Å². The van der Waals surface area contributed by atoms with Crippen LogP contribution < -0.4 is 5.32 Å². The summed E-state index contributed by atoms with van der Waals surface area (Å²) >= 11 is 0. The van der Waals surface area contributed by atoms with E-state index in [-0.39, 0.29) is 37.4 Å². The Labute approximate surface area is 249 Å². The number of aliphatic hydroxyl groups is 1. The number of aliphatic carboxylic acids is 1. The number of carbonyl (C=O) groups excluding carboxylic acids is 3. The number of fused-ring (bicyclic) bond motifs is 1. The lowest BCUT2D eigenvalue weighted by atomic mass is 10.0. The normalized spacial score (nSPS) is 17.0. The number of aliphatic hydroxyl groups excluding tert-OH is 1. The molecule has 0 unspecified atom stereocenters. The number of nitrogens with zero attached hydrogens (tertiary/aromatic N) is 3. The highest BCUT2D eigenvalue weighted by atomic mass is 16.4. The molecular weight excluding hydrogens is 548 g/mol. The van der Waals surface area contributed by atoms with E-state index < -0.39 is 36.0 Å². The first-order chi connectivity index (χ1) is 20.7. The Bertz CT molecular complexity index is 1620. The summed E-state index contributed by atoms with van der Waals surface area (Å²) in [7, 11) is 1.68. The van der Waals surface area contributed by atoms with Crippen molar-refractivity contribution in [3.8, 4) is 0 Å². The molecule has 222 valence electrons. The van der Waals surface area contributed by atoms with Gasteiger partial charge in [0.15, 0.2) is 0 Å². The van der Waals surface area contributed by atoms with Gasteiger partial charge in [0, 0.05) is 50.1 Å². The molecule has 0 bridgehead atoms. The summed E-state index contributed by atoms with van der Waals surface area (Å²) in [5.74, 6) is -2.38. The summed E-state index contributed by atoms with van der Waals surface area (Å²) in [6, 6.07) is 23.9. The second-order valence-corrected chi connectivity index (χ2v) is 10.9. The Morgan fingerprint density at radius 3 is 2.23 bits per heavy atom. The lowest BCUT2D eigenvalue weighted by Crippen LogP contribution is -2.54. The molecule has 10 heteroatoms. The van der Waals surface area contributed by atoms with Crippen LogP contribution in [0.1, 0.15) is 27.9 Å². The number of amides is 3. The largest absolute Gasteiger partial charge is 0.480 e. The van der Waals surface area contributed by atoms with Gasteiger partial charge in [-0.15, -0.1) is 0 Å². The van der Waals surface area contributed by atoms with E-state index in [1.165, 1.54) is 15.7 Å². The van der Waals surface area contributed by atoms with Gasteiger partial charge in [-0.2, -0.15) is 0 Å². The molecule has 1 aliphatic heterocycles. The van der Waals surface area contributed by atoms with Crippen LogP contribution >= 0.6 is 0 Å². The first kappa shape index (κ1) is 29.5. The van der Waals surface area contributed by atoms with Gasteiger partial charge < -0.3 is 29.9 Å². The van der Waals surface area contributed by atoms with Crippen LogP contribution in [0, 0.1) is 0 Å². The van der Waals surface area contributed by atoms with Gasteiger partial charge in [0.25, 0.3) is 5.91 Å². The quantitative estimate of drug-likeness (QED) is 0.264. The van der Waals surface area contributed by atoms with E-state index in [9.17, 15) is 29.4 Å². The molecule has 2 heterocycles. The van der Waals surface area contributed by atoms with E-state index in [4.69, 9.17) is 0 Å². The number of likely N-dealkylation sites (N-methyl/N-ethyl adjacent to an activating group) is 1. The number of likely N-dealkylation sites (tertiary alicyclic amines) is 1. The molecule has 1 aromatic heterocycles. The molecular formula is C33H34N4O6. The summed E-state index contributed by atoms with van der Waals surface area (Å²) < 4.78 is 1.48. The maximum Gasteiger partial charge on any atom is 0.323 e. The van der Waals surface area contributed by atoms with Crippen molar-refractivity contribution in [2.24, 2.45) is 0 Å². The molecule has 3 aromatic carbocycles. The van der Waals surface area contributed by atoms with Crippen LogP contribution in [0.2, 0.25) is 0 Å². The highest BCUT2D eigenvalue weighted by Crippen LogP contribution is 2.27. The number of hydrogen-bond donors (Lipinski definition) is 3. The second kappa shape index (κ2) is 12.9. The van der Waals surface area contributed by atoms with Gasteiger partial charge >= 0.3 is 5.97 Å². The lowest BCUT2D eigenvalue weighted by Gasteiger charge is -2.28. The average Bonchev–Trinajstić information content (AvgIpc) is 3.57. The highest BCUT2D eigenvalue weighted by molar-refractivity contribution is 6.08. The van der Waals surface area contributed by atoms with Crippen molar-refractivity contribution in [1.82, 2.24) is 19.7 Å². The topological polar surface area (TPSA) is 132 Å². The third-order valence-corrected chi connectivity index (χ3v) is 7.70. The number of hydrogen-bond acceptors (Lipinski definition) is 5. The van der Waals surface area contributed by atoms with E-state index in [1.807, 2.05) is 60.7 Å². The first-order valence-corrected chi connectivity index (χ1v) is 14.1. The average molecular weight is 583 g/mol. The molecule has 4 aromatic rings. The van der Waals surface area contributed by atoms with Crippen molar-refractivity contribution in [3.63, 3.8) is 0 Å². The van der Waals surface area contributed by atoms with Crippen LogP contribution in [0.15, 0.2) is 91.1 Å². The van der Waals surface area contributed by atoms with Crippen molar-refractivity contribution in [2.45, 2.75) is 44.1 Å². The molecule has 5 rings (SSSR count). The first-order valence-electron chi connectivity index (χ1n) is 14.1. The minimum atomic E-state index is -1.06. The second-order valence-electron chi connectivity index (χ2n) is 10.9. The van der Waals surface area contributed by atoms with E-state index in [0.717, 1.165) is 11.1 Å². The monoisotopic (exact) mass is 582 g/mol. The predicted molar refractivity (Wildman–Crippen MR) is 160 cm³/mol. The smallest absolute Gasteiger partial charge is 0.323 e. The number of carboxylic acids is 1.